The summed E-state index contributed by atoms with van der Waals surface area (Å²) in [5.41, 5.74) is 5.86. The zero-order valence-electron chi connectivity index (χ0n) is 7.42. The van der Waals surface area contributed by atoms with Crippen LogP contribution in [0.15, 0.2) is 24.3 Å². The second-order valence-corrected chi connectivity index (χ2v) is 3.27. The molecule has 2 rings (SSSR count). The minimum atomic E-state index is 0.0219. The van der Waals surface area contributed by atoms with Gasteiger partial charge in [0, 0.05) is 12.1 Å². The van der Waals surface area contributed by atoms with Gasteiger partial charge < -0.3 is 11.1 Å². The molecule has 1 aliphatic rings. The number of para-hydroxylation sites is 1. The van der Waals surface area contributed by atoms with E-state index in [0.29, 0.717) is 0 Å². The largest absolute Gasteiger partial charge is 0.358 e. The molecule has 1 atom stereocenters. The normalized spacial score (nSPS) is 19.8. The third-order valence-electron chi connectivity index (χ3n) is 2.40. The van der Waals surface area contributed by atoms with Crippen molar-refractivity contribution in [3.63, 3.8) is 0 Å². The zero-order valence-corrected chi connectivity index (χ0v) is 7.42. The Morgan fingerprint density at radius 2 is 2.15 bits per heavy atom. The van der Waals surface area contributed by atoms with Crippen molar-refractivity contribution in [1.82, 2.24) is 0 Å². The first-order valence-electron chi connectivity index (χ1n) is 4.52. The summed E-state index contributed by atoms with van der Waals surface area (Å²) in [6.07, 6.45) is 0.836. The van der Waals surface area contributed by atoms with Crippen LogP contribution in [-0.4, -0.2) is 12.5 Å². The molecule has 0 unspecified atom stereocenters. The van der Waals surface area contributed by atoms with Crippen LogP contribution < -0.4 is 11.1 Å². The third-order valence-corrected chi connectivity index (χ3v) is 2.40. The minimum absolute atomic E-state index is 0.0219. The fourth-order valence-corrected chi connectivity index (χ4v) is 1.77. The Morgan fingerprint density at radius 1 is 1.38 bits per heavy atom. The Bertz CT molecular complexity index is 335. The van der Waals surface area contributed by atoms with Crippen LogP contribution in [0.3, 0.4) is 0 Å². The number of carbonyl (C=O) groups is 1. The molecule has 0 spiro atoms. The zero-order chi connectivity index (χ0) is 9.26. The predicted octanol–water partition coefficient (Wildman–Crippen LogP) is 0.354. The first-order valence-corrected chi connectivity index (χ1v) is 4.52. The van der Waals surface area contributed by atoms with E-state index in [2.05, 4.69) is 11.1 Å². The Labute approximate surface area is 76.9 Å². The van der Waals surface area contributed by atoms with E-state index in [9.17, 15) is 4.79 Å². The molecule has 13 heavy (non-hydrogen) atoms. The third kappa shape index (κ3) is 1.31. The maximum Gasteiger partial charge on any atom is 0.232 e. The number of benzene rings is 1. The molecule has 0 fully saturated rings. The van der Waals surface area contributed by atoms with E-state index >= 15 is 0 Å². The topological polar surface area (TPSA) is 56.7 Å². The molecular formula is C10H13N2O+. The molecule has 0 saturated heterocycles. The second-order valence-electron chi connectivity index (χ2n) is 3.27. The van der Waals surface area contributed by atoms with Gasteiger partial charge in [0.25, 0.3) is 0 Å². The molecule has 0 aliphatic carbocycles. The molecule has 1 heterocycles. The maximum atomic E-state index is 11.5. The van der Waals surface area contributed by atoms with Crippen LogP contribution >= 0.6 is 0 Å². The Hall–Kier alpha value is -1.35. The van der Waals surface area contributed by atoms with E-state index in [1.54, 1.807) is 0 Å². The Balaban J connectivity index is 2.35. The summed E-state index contributed by atoms with van der Waals surface area (Å²) in [4.78, 5) is 11.5. The molecular weight excluding hydrogens is 164 g/mol. The lowest BCUT2D eigenvalue weighted by Gasteiger charge is -2.03. The summed E-state index contributed by atoms with van der Waals surface area (Å²) in [6.45, 7) is 0.798. The number of anilines is 1. The number of fused-ring (bicyclic) bond motifs is 1. The Kier molecular flexibility index (Phi) is 2.02. The monoisotopic (exact) mass is 177 g/mol. The van der Waals surface area contributed by atoms with E-state index in [-0.39, 0.29) is 11.8 Å². The highest BCUT2D eigenvalue weighted by molar-refractivity contribution is 6.02. The van der Waals surface area contributed by atoms with E-state index in [0.717, 1.165) is 24.2 Å². The maximum absolute atomic E-state index is 11.5. The molecule has 0 bridgehead atoms. The molecule has 1 aliphatic heterocycles. The number of carbonyl (C=O) groups excluding carboxylic acids is 1. The average molecular weight is 177 g/mol. The SMILES string of the molecule is [NH3+]CC[C@H]1C(=O)Nc2ccccc21. The molecule has 1 aromatic carbocycles. The number of amides is 1. The van der Waals surface area contributed by atoms with Gasteiger partial charge in [0.1, 0.15) is 0 Å². The fourth-order valence-electron chi connectivity index (χ4n) is 1.77. The standard InChI is InChI=1S/C10H12N2O/c11-6-5-8-7-3-1-2-4-9(7)12-10(8)13/h1-4,8H,5-6,11H2,(H,12,13)/p+1/t8-/m1/s1. The average Bonchev–Trinajstić information content (AvgIpc) is 2.44. The second kappa shape index (κ2) is 3.18. The highest BCUT2D eigenvalue weighted by Gasteiger charge is 2.29. The highest BCUT2D eigenvalue weighted by Crippen LogP contribution is 2.33. The van der Waals surface area contributed by atoms with Crippen LogP contribution in [0.5, 0.6) is 0 Å². The van der Waals surface area contributed by atoms with Crippen molar-refractivity contribution in [2.75, 3.05) is 11.9 Å². The van der Waals surface area contributed by atoms with Gasteiger partial charge in [-0.25, -0.2) is 0 Å². The van der Waals surface area contributed by atoms with Crippen molar-refractivity contribution in [1.29, 1.82) is 0 Å². The smallest absolute Gasteiger partial charge is 0.232 e. The van der Waals surface area contributed by atoms with Crippen molar-refractivity contribution < 1.29 is 10.5 Å². The first kappa shape index (κ1) is 8.26. The summed E-state index contributed by atoms with van der Waals surface area (Å²) < 4.78 is 0. The molecule has 0 aromatic heterocycles. The quantitative estimate of drug-likeness (QED) is 0.673. The Morgan fingerprint density at radius 3 is 2.92 bits per heavy atom. The molecule has 4 N–H and O–H groups in total. The highest BCUT2D eigenvalue weighted by atomic mass is 16.2. The van der Waals surface area contributed by atoms with Gasteiger partial charge in [-0.3, -0.25) is 4.79 Å². The first-order chi connectivity index (χ1) is 6.33. The minimum Gasteiger partial charge on any atom is -0.358 e. The number of hydrogen-bond acceptors (Lipinski definition) is 1. The van der Waals surface area contributed by atoms with Crippen LogP contribution in [0.25, 0.3) is 0 Å². The van der Waals surface area contributed by atoms with E-state index in [1.165, 1.54) is 0 Å². The van der Waals surface area contributed by atoms with Crippen molar-refractivity contribution in [3.8, 4) is 0 Å². The van der Waals surface area contributed by atoms with E-state index in [1.807, 2.05) is 24.3 Å². The fraction of sp³-hybridized carbons (Fsp3) is 0.300. The summed E-state index contributed by atoms with van der Waals surface area (Å²) in [5.74, 6) is 0.138. The van der Waals surface area contributed by atoms with Gasteiger partial charge >= 0.3 is 0 Å². The summed E-state index contributed by atoms with van der Waals surface area (Å²) in [7, 11) is 0. The lowest BCUT2D eigenvalue weighted by atomic mass is 9.97. The van der Waals surface area contributed by atoms with E-state index < -0.39 is 0 Å². The summed E-state index contributed by atoms with van der Waals surface area (Å²) in [6, 6.07) is 7.85. The van der Waals surface area contributed by atoms with Gasteiger partial charge in [-0.2, -0.15) is 0 Å². The molecule has 1 aromatic rings. The molecule has 3 heteroatoms. The molecule has 0 radical (unpaired) electrons. The van der Waals surface area contributed by atoms with Crippen LogP contribution in [0.1, 0.15) is 17.9 Å². The van der Waals surface area contributed by atoms with Crippen LogP contribution in [0.4, 0.5) is 5.69 Å². The van der Waals surface area contributed by atoms with Gasteiger partial charge in [-0.05, 0) is 11.6 Å². The van der Waals surface area contributed by atoms with Crippen molar-refractivity contribution in [2.24, 2.45) is 0 Å². The molecule has 0 saturated carbocycles. The van der Waals surface area contributed by atoms with Gasteiger partial charge in [-0.1, -0.05) is 18.2 Å². The van der Waals surface area contributed by atoms with Crippen LogP contribution in [0, 0.1) is 0 Å². The van der Waals surface area contributed by atoms with Crippen LogP contribution in [0.2, 0.25) is 0 Å². The van der Waals surface area contributed by atoms with Gasteiger partial charge in [0.05, 0.1) is 12.5 Å². The van der Waals surface area contributed by atoms with Crippen molar-refractivity contribution in [3.05, 3.63) is 29.8 Å². The van der Waals surface area contributed by atoms with Crippen LogP contribution in [-0.2, 0) is 4.79 Å². The number of quaternary nitrogens is 1. The van der Waals surface area contributed by atoms with Gasteiger partial charge in [0.15, 0.2) is 0 Å². The molecule has 3 nitrogen and oxygen atoms in total. The molecule has 68 valence electrons. The number of nitrogens with one attached hydrogen (secondary N) is 1. The predicted molar refractivity (Wildman–Crippen MR) is 50.2 cm³/mol. The number of hydrogen-bond donors (Lipinski definition) is 2. The summed E-state index contributed by atoms with van der Waals surface area (Å²) in [5, 5.41) is 2.87. The lowest BCUT2D eigenvalue weighted by Crippen LogP contribution is -2.50. The number of rotatable bonds is 2. The lowest BCUT2D eigenvalue weighted by molar-refractivity contribution is -0.368. The van der Waals surface area contributed by atoms with Crippen molar-refractivity contribution >= 4 is 11.6 Å². The summed E-state index contributed by atoms with van der Waals surface area (Å²) >= 11 is 0. The van der Waals surface area contributed by atoms with Crippen molar-refractivity contribution in [2.45, 2.75) is 12.3 Å². The van der Waals surface area contributed by atoms with Gasteiger partial charge in [0.2, 0.25) is 5.91 Å². The van der Waals surface area contributed by atoms with Gasteiger partial charge in [-0.15, -0.1) is 0 Å². The molecule has 1 amide bonds. The van der Waals surface area contributed by atoms with E-state index in [4.69, 9.17) is 0 Å².